The topological polar surface area (TPSA) is 35.5 Å². The average molecular weight is 240 g/mol. The van der Waals surface area contributed by atoms with Crippen molar-refractivity contribution in [3.05, 3.63) is 0 Å². The number of rotatable bonds is 9. The van der Waals surface area contributed by atoms with Crippen LogP contribution in [-0.4, -0.2) is 48.3 Å². The van der Waals surface area contributed by atoms with Crippen molar-refractivity contribution in [3.63, 3.8) is 0 Å². The molecule has 2 aliphatic carbocycles. The molecule has 1 unspecified atom stereocenters. The summed E-state index contributed by atoms with van der Waals surface area (Å²) >= 11 is 0. The van der Waals surface area contributed by atoms with Crippen LogP contribution in [0.4, 0.5) is 0 Å². The first-order valence-corrected chi connectivity index (χ1v) is 7.38. The molecule has 3 nitrogen and oxygen atoms in total. The van der Waals surface area contributed by atoms with E-state index in [2.05, 4.69) is 17.1 Å². The van der Waals surface area contributed by atoms with Crippen LogP contribution in [0.25, 0.3) is 0 Å². The highest BCUT2D eigenvalue weighted by Gasteiger charge is 2.26. The Hall–Kier alpha value is -0.120. The molecule has 0 saturated heterocycles. The van der Waals surface area contributed by atoms with Crippen molar-refractivity contribution in [1.82, 2.24) is 10.2 Å². The summed E-state index contributed by atoms with van der Waals surface area (Å²) in [7, 11) is 0. The zero-order chi connectivity index (χ0) is 12.1. The number of aliphatic hydroxyl groups is 1. The second kappa shape index (κ2) is 6.72. The van der Waals surface area contributed by atoms with Crippen LogP contribution in [0.15, 0.2) is 0 Å². The van der Waals surface area contributed by atoms with E-state index in [-0.39, 0.29) is 0 Å². The molecule has 0 radical (unpaired) electrons. The second-order valence-corrected chi connectivity index (χ2v) is 5.94. The van der Waals surface area contributed by atoms with Crippen molar-refractivity contribution in [1.29, 1.82) is 0 Å². The van der Waals surface area contributed by atoms with Gasteiger partial charge in [-0.05, 0) is 44.6 Å². The van der Waals surface area contributed by atoms with Crippen LogP contribution >= 0.6 is 0 Å². The van der Waals surface area contributed by atoms with E-state index in [0.717, 1.165) is 37.5 Å². The van der Waals surface area contributed by atoms with Gasteiger partial charge in [0.05, 0.1) is 0 Å². The quantitative estimate of drug-likeness (QED) is 0.643. The zero-order valence-corrected chi connectivity index (χ0v) is 11.2. The SMILES string of the molecule is CC(CNC1CC1)CN(CCCO)C1CCC1. The fraction of sp³-hybridized carbons (Fsp3) is 1.00. The summed E-state index contributed by atoms with van der Waals surface area (Å²) in [5.74, 6) is 0.731. The highest BCUT2D eigenvalue weighted by Crippen LogP contribution is 2.26. The number of hydrogen-bond acceptors (Lipinski definition) is 3. The lowest BCUT2D eigenvalue weighted by Crippen LogP contribution is -2.44. The molecule has 2 aliphatic rings. The third kappa shape index (κ3) is 4.57. The van der Waals surface area contributed by atoms with Crippen LogP contribution in [0.1, 0.15) is 45.4 Å². The van der Waals surface area contributed by atoms with E-state index in [4.69, 9.17) is 5.11 Å². The van der Waals surface area contributed by atoms with Crippen LogP contribution in [0.3, 0.4) is 0 Å². The number of aliphatic hydroxyl groups excluding tert-OH is 1. The van der Waals surface area contributed by atoms with Gasteiger partial charge in [-0.2, -0.15) is 0 Å². The molecule has 2 saturated carbocycles. The van der Waals surface area contributed by atoms with E-state index >= 15 is 0 Å². The van der Waals surface area contributed by atoms with Gasteiger partial charge in [0.2, 0.25) is 0 Å². The third-order valence-electron chi connectivity index (χ3n) is 4.07. The number of nitrogens with one attached hydrogen (secondary N) is 1. The fourth-order valence-electron chi connectivity index (χ4n) is 2.57. The molecule has 0 aromatic carbocycles. The Kier molecular flexibility index (Phi) is 5.26. The maximum absolute atomic E-state index is 8.97. The molecular weight excluding hydrogens is 212 g/mol. The summed E-state index contributed by atoms with van der Waals surface area (Å²) in [4.78, 5) is 2.61. The monoisotopic (exact) mass is 240 g/mol. The molecule has 0 spiro atoms. The molecule has 0 aliphatic heterocycles. The number of hydrogen-bond donors (Lipinski definition) is 2. The minimum absolute atomic E-state index is 0.331. The van der Waals surface area contributed by atoms with Crippen LogP contribution in [0.5, 0.6) is 0 Å². The minimum atomic E-state index is 0.331. The van der Waals surface area contributed by atoms with Gasteiger partial charge in [-0.3, -0.25) is 4.90 Å². The van der Waals surface area contributed by atoms with Gasteiger partial charge in [0, 0.05) is 31.8 Å². The first-order chi connectivity index (χ1) is 8.29. The van der Waals surface area contributed by atoms with Crippen molar-refractivity contribution >= 4 is 0 Å². The van der Waals surface area contributed by atoms with Gasteiger partial charge in [-0.1, -0.05) is 13.3 Å². The van der Waals surface area contributed by atoms with Crippen LogP contribution in [0, 0.1) is 5.92 Å². The van der Waals surface area contributed by atoms with Crippen molar-refractivity contribution in [2.24, 2.45) is 5.92 Å². The van der Waals surface area contributed by atoms with Gasteiger partial charge in [0.1, 0.15) is 0 Å². The fourth-order valence-corrected chi connectivity index (χ4v) is 2.57. The predicted molar refractivity (Wildman–Crippen MR) is 71.1 cm³/mol. The molecule has 0 aromatic heterocycles. The van der Waals surface area contributed by atoms with E-state index < -0.39 is 0 Å². The van der Waals surface area contributed by atoms with E-state index in [1.54, 1.807) is 0 Å². The summed E-state index contributed by atoms with van der Waals surface area (Å²) in [5.41, 5.74) is 0. The molecule has 2 fully saturated rings. The lowest BCUT2D eigenvalue weighted by Gasteiger charge is -2.39. The van der Waals surface area contributed by atoms with E-state index in [1.165, 1.54) is 38.6 Å². The summed E-state index contributed by atoms with van der Waals surface area (Å²) in [6, 6.07) is 1.64. The Balaban J connectivity index is 1.66. The van der Waals surface area contributed by atoms with Crippen molar-refractivity contribution in [2.75, 3.05) is 26.2 Å². The van der Waals surface area contributed by atoms with E-state index in [0.29, 0.717) is 6.61 Å². The van der Waals surface area contributed by atoms with Gasteiger partial charge in [-0.15, -0.1) is 0 Å². The molecule has 17 heavy (non-hydrogen) atoms. The second-order valence-electron chi connectivity index (χ2n) is 5.94. The molecule has 0 aromatic rings. The standard InChI is InChI=1S/C14H28N2O/c1-12(10-15-13-6-7-13)11-16(8-3-9-17)14-4-2-5-14/h12-15,17H,2-11H2,1H3. The molecule has 0 bridgehead atoms. The summed E-state index contributed by atoms with van der Waals surface area (Å²) in [5, 5.41) is 12.6. The van der Waals surface area contributed by atoms with E-state index in [1.807, 2.05) is 0 Å². The smallest absolute Gasteiger partial charge is 0.0443 e. The Labute approximate surface area is 106 Å². The average Bonchev–Trinajstić information content (AvgIpc) is 3.04. The van der Waals surface area contributed by atoms with Crippen LogP contribution < -0.4 is 5.32 Å². The lowest BCUT2D eigenvalue weighted by molar-refractivity contribution is 0.101. The molecule has 3 heteroatoms. The molecule has 0 heterocycles. The predicted octanol–water partition coefficient (Wildman–Crippen LogP) is 1.61. The normalized spacial score (nSPS) is 22.8. The summed E-state index contributed by atoms with van der Waals surface area (Å²) in [6.07, 6.45) is 7.82. The molecule has 100 valence electrons. The molecular formula is C14H28N2O. The molecule has 2 N–H and O–H groups in total. The van der Waals surface area contributed by atoms with Gasteiger partial charge in [0.25, 0.3) is 0 Å². The van der Waals surface area contributed by atoms with Crippen molar-refractivity contribution in [2.45, 2.75) is 57.5 Å². The van der Waals surface area contributed by atoms with E-state index in [9.17, 15) is 0 Å². The van der Waals surface area contributed by atoms with Gasteiger partial charge in [0.15, 0.2) is 0 Å². The zero-order valence-electron chi connectivity index (χ0n) is 11.2. The first kappa shape index (κ1) is 13.3. The third-order valence-corrected chi connectivity index (χ3v) is 4.07. The Bertz CT molecular complexity index is 214. The van der Waals surface area contributed by atoms with Crippen LogP contribution in [-0.2, 0) is 0 Å². The highest BCUT2D eigenvalue weighted by atomic mass is 16.3. The number of nitrogens with zero attached hydrogens (tertiary/aromatic N) is 1. The van der Waals surface area contributed by atoms with Gasteiger partial charge in [-0.25, -0.2) is 0 Å². The summed E-state index contributed by atoms with van der Waals surface area (Å²) < 4.78 is 0. The molecule has 2 rings (SSSR count). The Morgan fingerprint density at radius 3 is 2.59 bits per heavy atom. The van der Waals surface area contributed by atoms with Gasteiger partial charge < -0.3 is 10.4 Å². The van der Waals surface area contributed by atoms with Crippen LogP contribution in [0.2, 0.25) is 0 Å². The minimum Gasteiger partial charge on any atom is -0.396 e. The molecule has 0 amide bonds. The maximum atomic E-state index is 8.97. The lowest BCUT2D eigenvalue weighted by atomic mass is 9.90. The van der Waals surface area contributed by atoms with Crippen molar-refractivity contribution < 1.29 is 5.11 Å². The summed E-state index contributed by atoms with van der Waals surface area (Å²) in [6.45, 7) is 6.12. The first-order valence-electron chi connectivity index (χ1n) is 7.38. The molecule has 1 atom stereocenters. The van der Waals surface area contributed by atoms with Crippen molar-refractivity contribution in [3.8, 4) is 0 Å². The maximum Gasteiger partial charge on any atom is 0.0443 e. The highest BCUT2D eigenvalue weighted by molar-refractivity contribution is 4.84. The largest absolute Gasteiger partial charge is 0.396 e. The Morgan fingerprint density at radius 1 is 1.29 bits per heavy atom. The Morgan fingerprint density at radius 2 is 2.06 bits per heavy atom. The van der Waals surface area contributed by atoms with Gasteiger partial charge >= 0.3 is 0 Å².